The van der Waals surface area contributed by atoms with E-state index in [9.17, 15) is 23.6 Å². The maximum Gasteiger partial charge on any atom is 0.410 e. The quantitative estimate of drug-likeness (QED) is 0.226. The second-order valence-corrected chi connectivity index (χ2v) is 15.4. The number of ether oxygens (including phenoxy) is 2. The maximum absolute atomic E-state index is 14.0. The van der Waals surface area contributed by atoms with Crippen LogP contribution in [0.5, 0.6) is 0 Å². The molecule has 3 aromatic rings. The van der Waals surface area contributed by atoms with Crippen molar-refractivity contribution in [2.45, 2.75) is 104 Å². The molecule has 2 aliphatic heterocycles. The zero-order valence-electron chi connectivity index (χ0n) is 31.9. The normalized spacial score (nSPS) is 16.8. The van der Waals surface area contributed by atoms with Gasteiger partial charge < -0.3 is 25.0 Å². The fourth-order valence-electron chi connectivity index (χ4n) is 6.43. The van der Waals surface area contributed by atoms with E-state index in [2.05, 4.69) is 15.5 Å². The molecular formula is C40H54FN5O6S2. The smallest absolute Gasteiger partial charge is 0.410 e. The summed E-state index contributed by atoms with van der Waals surface area (Å²) in [6, 6.07) is 20.0. The Morgan fingerprint density at radius 1 is 0.685 bits per heavy atom. The molecule has 11 nitrogen and oxygen atoms in total. The Balaban J connectivity index is 0.00000392. The zero-order valence-corrected chi connectivity index (χ0v) is 33.9. The largest absolute Gasteiger partial charge is 0.444 e. The van der Waals surface area contributed by atoms with Gasteiger partial charge in [0.25, 0.3) is 0 Å². The van der Waals surface area contributed by atoms with Crippen molar-refractivity contribution >= 4 is 68.1 Å². The van der Waals surface area contributed by atoms with Crippen molar-refractivity contribution in [3.63, 3.8) is 0 Å². The highest BCUT2D eigenvalue weighted by atomic mass is 32.1. The van der Waals surface area contributed by atoms with Gasteiger partial charge in [-0.25, -0.2) is 14.0 Å². The number of amides is 4. The molecule has 0 bridgehead atoms. The van der Waals surface area contributed by atoms with Crippen molar-refractivity contribution in [1.82, 2.24) is 9.80 Å². The van der Waals surface area contributed by atoms with Gasteiger partial charge in [0.15, 0.2) is 0 Å². The molecule has 14 heteroatoms. The van der Waals surface area contributed by atoms with Gasteiger partial charge in [0.1, 0.15) is 29.1 Å². The Labute approximate surface area is 331 Å². The number of nitrogens with one attached hydrogen (secondary N) is 2. The molecule has 0 unspecified atom stereocenters. The van der Waals surface area contributed by atoms with Crippen molar-refractivity contribution in [3.05, 3.63) is 89.7 Å². The fraction of sp³-hybridized carbons (Fsp3) is 0.450. The van der Waals surface area contributed by atoms with Gasteiger partial charge in [0.05, 0.1) is 0 Å². The van der Waals surface area contributed by atoms with E-state index in [1.807, 2.05) is 36.4 Å². The van der Waals surface area contributed by atoms with Crippen LogP contribution in [0.3, 0.4) is 0 Å². The molecule has 5 rings (SSSR count). The van der Waals surface area contributed by atoms with Crippen LogP contribution in [0, 0.1) is 5.82 Å². The van der Waals surface area contributed by atoms with E-state index in [1.165, 1.54) is 21.9 Å². The minimum atomic E-state index is -0.665. The third-order valence-corrected chi connectivity index (χ3v) is 8.69. The van der Waals surface area contributed by atoms with Crippen LogP contribution in [0.25, 0.3) is 0 Å². The first-order valence-electron chi connectivity index (χ1n) is 17.8. The second kappa shape index (κ2) is 18.7. The molecule has 3 aromatic carbocycles. The Morgan fingerprint density at radius 3 is 1.48 bits per heavy atom. The van der Waals surface area contributed by atoms with E-state index in [-0.39, 0.29) is 44.6 Å². The summed E-state index contributed by atoms with van der Waals surface area (Å²) < 4.78 is 25.0. The number of likely N-dealkylation sites (tertiary alicyclic amines) is 2. The Kier molecular flexibility index (Phi) is 15.3. The van der Waals surface area contributed by atoms with Crippen LogP contribution >= 0.6 is 27.0 Å². The van der Waals surface area contributed by atoms with E-state index in [0.29, 0.717) is 63.2 Å². The first kappa shape index (κ1) is 44.0. The molecule has 0 radical (unpaired) electrons. The Morgan fingerprint density at radius 2 is 1.09 bits per heavy atom. The van der Waals surface area contributed by atoms with Crippen LogP contribution in [0.2, 0.25) is 0 Å². The van der Waals surface area contributed by atoms with Crippen molar-refractivity contribution in [1.29, 1.82) is 0 Å². The summed E-state index contributed by atoms with van der Waals surface area (Å²) in [6.07, 6.45) is 1.51. The molecule has 2 atom stereocenters. The lowest BCUT2D eigenvalue weighted by Gasteiger charge is -2.28. The molecule has 0 spiro atoms. The lowest BCUT2D eigenvalue weighted by Crippen LogP contribution is -2.45. The predicted octanol–water partition coefficient (Wildman–Crippen LogP) is 7.93. The number of hydrogen-bond acceptors (Lipinski definition) is 7. The van der Waals surface area contributed by atoms with Crippen molar-refractivity contribution in [2.75, 3.05) is 28.6 Å². The third kappa shape index (κ3) is 12.3. The van der Waals surface area contributed by atoms with Crippen molar-refractivity contribution < 1.29 is 33.0 Å². The van der Waals surface area contributed by atoms with Gasteiger partial charge in [0, 0.05) is 43.2 Å². The van der Waals surface area contributed by atoms with Gasteiger partial charge in [-0.2, -0.15) is 27.0 Å². The first-order valence-corrected chi connectivity index (χ1v) is 17.8. The highest BCUT2D eigenvalue weighted by molar-refractivity contribution is 7.59. The lowest BCUT2D eigenvalue weighted by molar-refractivity contribution is -0.121. The van der Waals surface area contributed by atoms with Crippen LogP contribution in [0.15, 0.2) is 72.8 Å². The Hall–Kier alpha value is -4.43. The van der Waals surface area contributed by atoms with Gasteiger partial charge in [-0.15, -0.1) is 0 Å². The van der Waals surface area contributed by atoms with Gasteiger partial charge in [-0.3, -0.25) is 19.4 Å². The maximum atomic E-state index is 14.0. The zero-order chi connectivity index (χ0) is 37.6. The number of benzene rings is 3. The number of nitrogens with zero attached hydrogens (tertiary/aromatic N) is 3. The average molecular weight is 784 g/mol. The summed E-state index contributed by atoms with van der Waals surface area (Å²) in [5, 5.41) is 5.97. The SMILES string of the molecule is CC(C)(C)OC(=O)N1CCC[C@H]1C(=O)Nc1cccc(CN(Cc2cccc(NC(=O)[C@@H]3CCCN3C(=O)OC(C)(C)C)c2)c2ccc(F)cc2)c1.S.S. The highest BCUT2D eigenvalue weighted by Gasteiger charge is 2.38. The summed E-state index contributed by atoms with van der Waals surface area (Å²) in [7, 11) is 0. The molecule has 54 heavy (non-hydrogen) atoms. The van der Waals surface area contributed by atoms with E-state index < -0.39 is 35.5 Å². The molecule has 0 saturated carbocycles. The summed E-state index contributed by atoms with van der Waals surface area (Å²) >= 11 is 0. The Bertz CT molecular complexity index is 1660. The molecule has 4 amide bonds. The molecule has 294 valence electrons. The summed E-state index contributed by atoms with van der Waals surface area (Å²) in [5.41, 5.74) is 2.42. The van der Waals surface area contributed by atoms with E-state index in [1.54, 1.807) is 65.8 Å². The standard InChI is InChI=1S/C40H50FN5O6.2H2S/c1-39(2,3)51-37(49)45-21-9-15-33(45)35(47)42-30-13-7-11-27(23-30)25-44(32-19-17-29(41)18-20-32)26-28-12-8-14-31(24-28)43-36(48)34-16-10-22-46(34)38(50)52-40(4,5)6;;/h7-8,11-14,17-20,23-24,33-34H,9-10,15-16,21-22,25-26H2,1-6H3,(H,42,47)(H,43,48);2*1H2/t33-,34-;;/m0../s1. The first-order chi connectivity index (χ1) is 24.5. The predicted molar refractivity (Wildman–Crippen MR) is 219 cm³/mol. The summed E-state index contributed by atoms with van der Waals surface area (Å²) in [5.74, 6) is -0.902. The van der Waals surface area contributed by atoms with Gasteiger partial charge in [-0.1, -0.05) is 24.3 Å². The molecule has 2 aliphatic rings. The topological polar surface area (TPSA) is 121 Å². The average Bonchev–Trinajstić information content (AvgIpc) is 3.75. The number of anilines is 3. The van der Waals surface area contributed by atoms with Crippen LogP contribution in [0.1, 0.15) is 78.4 Å². The van der Waals surface area contributed by atoms with Crippen LogP contribution in [-0.4, -0.2) is 70.2 Å². The number of carbonyl (C=O) groups is 4. The molecular weight excluding hydrogens is 730 g/mol. The van der Waals surface area contributed by atoms with Crippen molar-refractivity contribution in [2.24, 2.45) is 0 Å². The van der Waals surface area contributed by atoms with E-state index in [4.69, 9.17) is 9.47 Å². The van der Waals surface area contributed by atoms with Crippen LogP contribution < -0.4 is 15.5 Å². The summed E-state index contributed by atoms with van der Waals surface area (Å²) in [4.78, 5) is 57.3. The van der Waals surface area contributed by atoms with Gasteiger partial charge in [-0.05, 0) is 127 Å². The number of hydrogen-bond donors (Lipinski definition) is 2. The third-order valence-electron chi connectivity index (χ3n) is 8.69. The number of halogens is 1. The monoisotopic (exact) mass is 783 g/mol. The van der Waals surface area contributed by atoms with Crippen LogP contribution in [0.4, 0.5) is 31.0 Å². The van der Waals surface area contributed by atoms with Gasteiger partial charge >= 0.3 is 12.2 Å². The minimum Gasteiger partial charge on any atom is -0.444 e. The molecule has 2 saturated heterocycles. The van der Waals surface area contributed by atoms with E-state index in [0.717, 1.165) is 16.8 Å². The number of carbonyl (C=O) groups excluding carboxylic acids is 4. The molecule has 2 N–H and O–H groups in total. The fourth-order valence-corrected chi connectivity index (χ4v) is 6.43. The van der Waals surface area contributed by atoms with Crippen LogP contribution in [-0.2, 0) is 32.2 Å². The minimum absolute atomic E-state index is 0. The second-order valence-electron chi connectivity index (χ2n) is 15.4. The lowest BCUT2D eigenvalue weighted by atomic mass is 10.1. The molecule has 0 aliphatic carbocycles. The highest BCUT2D eigenvalue weighted by Crippen LogP contribution is 2.27. The molecule has 2 heterocycles. The number of rotatable bonds is 9. The van der Waals surface area contributed by atoms with Crippen molar-refractivity contribution in [3.8, 4) is 0 Å². The van der Waals surface area contributed by atoms with E-state index >= 15 is 0 Å². The molecule has 0 aromatic heterocycles. The molecule has 2 fully saturated rings. The van der Waals surface area contributed by atoms with Gasteiger partial charge in [0.2, 0.25) is 11.8 Å². The summed E-state index contributed by atoms with van der Waals surface area (Å²) in [6.45, 7) is 12.5.